The van der Waals surface area contributed by atoms with Gasteiger partial charge in [-0.25, -0.2) is 0 Å². The first-order valence-electron chi connectivity index (χ1n) is 0. The van der Waals surface area contributed by atoms with Crippen LogP contribution < -0.4 is 0 Å². The second-order valence-electron chi connectivity index (χ2n) is 0. The van der Waals surface area contributed by atoms with E-state index in [-0.39, 0.29) is 206 Å². The molecule has 11 heteroatoms. The van der Waals surface area contributed by atoms with Crippen LogP contribution in [0.5, 0.6) is 0 Å². The summed E-state index contributed by atoms with van der Waals surface area (Å²) in [6, 6.07) is 0. The first kappa shape index (κ1) is 133. The summed E-state index contributed by atoms with van der Waals surface area (Å²) in [4.78, 5) is 0. The molecule has 0 saturated heterocycles. The Morgan fingerprint density at radius 3 is 0.545 bits per heavy atom. The van der Waals surface area contributed by atoms with Gasteiger partial charge in [-0.3, -0.25) is 0 Å². The van der Waals surface area contributed by atoms with Gasteiger partial charge in [-0.05, 0) is 0 Å². The van der Waals surface area contributed by atoms with Crippen molar-refractivity contribution >= 4 is 178 Å². The van der Waals surface area contributed by atoms with E-state index < -0.39 is 0 Å². The zero-order valence-electron chi connectivity index (χ0n) is 14.2. The van der Waals surface area contributed by atoms with Crippen LogP contribution in [0.4, 0.5) is 0 Å². The Morgan fingerprint density at radius 2 is 0.545 bits per heavy atom. The molecule has 0 unspecified atom stereocenters. The van der Waals surface area contributed by atoms with Crippen molar-refractivity contribution < 1.29 is 27.8 Å². The number of hydrogen-bond donors (Lipinski definition) is 0. The molecule has 0 N–H and O–H groups in total. The fourth-order valence-corrected chi connectivity index (χ4v) is 0. The smallest absolute Gasteiger partial charge is 2.00 e. The van der Waals surface area contributed by atoms with Gasteiger partial charge in [0.15, 0.2) is 0 Å². The fraction of sp³-hybridized carbons (Fsp3) is 0. The van der Waals surface area contributed by atoms with Gasteiger partial charge in [-0.15, -0.1) is 0 Å². The Hall–Kier alpha value is 5.43. The molecule has 48 valence electrons. The summed E-state index contributed by atoms with van der Waals surface area (Å²) in [5, 5.41) is 0. The molecule has 0 heterocycles. The maximum absolute atomic E-state index is 0. The third-order valence-corrected chi connectivity index (χ3v) is 0. The third-order valence-electron chi connectivity index (χ3n) is 0. The van der Waals surface area contributed by atoms with Crippen LogP contribution in [-0.2, 0) is 16.4 Å². The molecule has 0 aromatic heterocycles. The van der Waals surface area contributed by atoms with Gasteiger partial charge in [-0.2, -0.15) is 0 Å². The predicted molar refractivity (Wildman–Crippen MR) is 57.0 cm³/mol. The summed E-state index contributed by atoms with van der Waals surface area (Å²) < 4.78 is 0. The molecule has 0 spiro atoms. The van der Waals surface area contributed by atoms with E-state index in [1.54, 1.807) is 0 Å². The Balaban J connectivity index is 0. The van der Waals surface area contributed by atoms with Crippen molar-refractivity contribution in [1.82, 2.24) is 0 Å². The van der Waals surface area contributed by atoms with Crippen LogP contribution in [0.1, 0.15) is 11.4 Å². The molecule has 3 nitrogen and oxygen atoms in total. The van der Waals surface area contributed by atoms with E-state index in [4.69, 9.17) is 0 Å². The normalized spacial score (nSPS) is 0. The summed E-state index contributed by atoms with van der Waals surface area (Å²) in [7, 11) is 0. The second-order valence-corrected chi connectivity index (χ2v) is 0. The SMILES string of the molecule is [Al+3].[Al+3].[Ca+2].[Ca+2].[H-].[H-].[H-].[H-].[H-].[H-].[H-].[H-].[Mg+2].[Mg+2].[O-2].[O-2].[O-2].[Si].[Si]. The van der Waals surface area contributed by atoms with E-state index >= 15 is 0 Å². The van der Waals surface area contributed by atoms with Crippen molar-refractivity contribution in [2.75, 3.05) is 0 Å². The van der Waals surface area contributed by atoms with Crippen LogP contribution in [-0.4, -0.2) is 178 Å². The minimum absolute atomic E-state index is 0. The largest absolute Gasteiger partial charge is 3.00 e. The van der Waals surface area contributed by atoms with Gasteiger partial charge >= 0.3 is 156 Å². The summed E-state index contributed by atoms with van der Waals surface area (Å²) >= 11 is 0. The zero-order valence-corrected chi connectivity index (χ0v) is 17.8. The Bertz CT molecular complexity index is 44.0. The van der Waals surface area contributed by atoms with Gasteiger partial charge in [0, 0.05) is 21.9 Å². The van der Waals surface area contributed by atoms with E-state index in [0.29, 0.717) is 0 Å². The molecule has 0 aromatic carbocycles. The van der Waals surface area contributed by atoms with E-state index in [1.165, 1.54) is 0 Å². The monoisotopic (exact) mass is 294 g/mol. The van der Waals surface area contributed by atoms with Gasteiger partial charge in [0.05, 0.1) is 0 Å². The molecule has 0 aliphatic heterocycles. The van der Waals surface area contributed by atoms with Gasteiger partial charge in [0.25, 0.3) is 0 Å². The summed E-state index contributed by atoms with van der Waals surface area (Å²) in [5.41, 5.74) is 0. The molecule has 11 heavy (non-hydrogen) atoms. The molecular formula is H8Al2Ca2Mg2O3Si2. The summed E-state index contributed by atoms with van der Waals surface area (Å²) in [5.74, 6) is 0. The molecule has 0 aliphatic rings. The minimum atomic E-state index is 0. The first-order chi connectivity index (χ1) is 0. The summed E-state index contributed by atoms with van der Waals surface area (Å²) in [6.45, 7) is 0. The predicted octanol–water partition coefficient (Wildman–Crippen LogP) is -2.50. The van der Waals surface area contributed by atoms with Crippen LogP contribution >= 0.6 is 0 Å². The molecular weight excluding hydrogens is 287 g/mol. The number of hydrogen-bond acceptors (Lipinski definition) is 0. The Morgan fingerprint density at radius 1 is 0.545 bits per heavy atom. The maximum atomic E-state index is 0. The molecule has 0 fully saturated rings. The van der Waals surface area contributed by atoms with Crippen molar-refractivity contribution in [3.8, 4) is 0 Å². The van der Waals surface area contributed by atoms with Crippen LogP contribution in [0.2, 0.25) is 0 Å². The molecule has 8 radical (unpaired) electrons. The third kappa shape index (κ3) is 94.4. The molecule has 0 aliphatic carbocycles. The van der Waals surface area contributed by atoms with Crippen molar-refractivity contribution in [3.63, 3.8) is 0 Å². The van der Waals surface area contributed by atoms with Crippen LogP contribution in [0.3, 0.4) is 0 Å². The summed E-state index contributed by atoms with van der Waals surface area (Å²) in [6.07, 6.45) is 0. The van der Waals surface area contributed by atoms with E-state index in [2.05, 4.69) is 0 Å². The standard InChI is InChI=1S/2Al.2Ca.2Mg.3O.2Si.8H/q2*+3;4*+2;3*-2;;;8*-1. The molecule has 0 bridgehead atoms. The first-order valence-corrected chi connectivity index (χ1v) is 0. The average molecular weight is 295 g/mol. The van der Waals surface area contributed by atoms with Crippen LogP contribution in [0.25, 0.3) is 0 Å². The van der Waals surface area contributed by atoms with Crippen molar-refractivity contribution in [2.45, 2.75) is 0 Å². The van der Waals surface area contributed by atoms with Crippen LogP contribution in [0.15, 0.2) is 0 Å². The quantitative estimate of drug-likeness (QED) is 0.442. The second kappa shape index (κ2) is 109. The minimum Gasteiger partial charge on any atom is -2.00 e. The fourth-order valence-electron chi connectivity index (χ4n) is 0. The molecule has 0 amide bonds. The van der Waals surface area contributed by atoms with Crippen molar-refractivity contribution in [1.29, 1.82) is 0 Å². The molecule has 0 rings (SSSR count). The van der Waals surface area contributed by atoms with Crippen LogP contribution in [0, 0.1) is 0 Å². The van der Waals surface area contributed by atoms with E-state index in [0.717, 1.165) is 0 Å². The van der Waals surface area contributed by atoms with Gasteiger partial charge in [-0.1, -0.05) is 0 Å². The Kier molecular flexibility index (Phi) is 1310. The van der Waals surface area contributed by atoms with Gasteiger partial charge in [0.1, 0.15) is 0 Å². The Labute approximate surface area is 202 Å². The van der Waals surface area contributed by atoms with E-state index in [1.807, 2.05) is 0 Å². The van der Waals surface area contributed by atoms with Crippen molar-refractivity contribution in [2.24, 2.45) is 0 Å². The number of rotatable bonds is 0. The van der Waals surface area contributed by atoms with E-state index in [9.17, 15) is 0 Å². The molecule has 0 aromatic rings. The van der Waals surface area contributed by atoms with Crippen molar-refractivity contribution in [3.05, 3.63) is 0 Å². The zero-order chi connectivity index (χ0) is 0. The molecule has 0 atom stereocenters. The van der Waals surface area contributed by atoms with Gasteiger partial charge < -0.3 is 27.8 Å². The molecule has 0 saturated carbocycles. The van der Waals surface area contributed by atoms with Gasteiger partial charge in [0.2, 0.25) is 0 Å². The average Bonchev–Trinajstić information content (AvgIpc) is 0. The topological polar surface area (TPSA) is 85.5 Å². The maximum Gasteiger partial charge on any atom is 3.00 e.